The number of nitrogens with two attached hydrogens (primary N) is 1. The predicted molar refractivity (Wildman–Crippen MR) is 104 cm³/mol. The number of rotatable bonds is 8. The highest BCUT2D eigenvalue weighted by Gasteiger charge is 2.31. The molecule has 0 amide bonds. The number of benzene rings is 1. The van der Waals surface area contributed by atoms with E-state index >= 15 is 0 Å². The van der Waals surface area contributed by atoms with E-state index in [9.17, 15) is 18.0 Å². The lowest BCUT2D eigenvalue weighted by Crippen LogP contribution is -2.52. The molecule has 1 rings (SSSR count). The predicted octanol–water partition coefficient (Wildman–Crippen LogP) is 1.72. The Morgan fingerprint density at radius 2 is 1.56 bits per heavy atom. The van der Waals surface area contributed by atoms with Crippen molar-refractivity contribution in [3.05, 3.63) is 29.3 Å². The van der Waals surface area contributed by atoms with Gasteiger partial charge in [0, 0.05) is 12.1 Å². The van der Waals surface area contributed by atoms with Crippen molar-refractivity contribution in [3.63, 3.8) is 0 Å². The van der Waals surface area contributed by atoms with Gasteiger partial charge in [0.25, 0.3) is 0 Å². The molecule has 10 heteroatoms. The van der Waals surface area contributed by atoms with Crippen molar-refractivity contribution < 1.29 is 27.5 Å². The Hall–Kier alpha value is -1.68. The molecule has 3 N–H and O–H groups in total. The molecule has 0 spiro atoms. The maximum Gasteiger partial charge on any atom is 0.337 e. The van der Waals surface area contributed by atoms with E-state index in [4.69, 9.17) is 5.73 Å². The molecule has 1 aromatic carbocycles. The van der Waals surface area contributed by atoms with E-state index in [1.807, 2.05) is 13.8 Å². The van der Waals surface area contributed by atoms with Crippen LogP contribution in [-0.4, -0.2) is 46.7 Å². The van der Waals surface area contributed by atoms with Crippen LogP contribution < -0.4 is 10.5 Å². The standard InChI is InChI=1S/C17H26N2O6S.ClH/c1-11(2)9-17(3,10-18)19-26(22,23)14-7-12(15(20)24-4)6-13(8-14)16(21)25-5;/h6-8,11,19H,9-10,18H2,1-5H3;1H. The quantitative estimate of drug-likeness (QED) is 0.611. The summed E-state index contributed by atoms with van der Waals surface area (Å²) in [6.45, 7) is 5.70. The van der Waals surface area contributed by atoms with E-state index in [1.165, 1.54) is 6.07 Å². The molecule has 0 radical (unpaired) electrons. The number of methoxy groups -OCH3 is 2. The van der Waals surface area contributed by atoms with Gasteiger partial charge < -0.3 is 15.2 Å². The van der Waals surface area contributed by atoms with Crippen LogP contribution in [-0.2, 0) is 19.5 Å². The Kier molecular flexibility index (Phi) is 9.40. The third-order valence-electron chi connectivity index (χ3n) is 3.75. The van der Waals surface area contributed by atoms with Crippen molar-refractivity contribution in [2.24, 2.45) is 11.7 Å². The van der Waals surface area contributed by atoms with E-state index in [2.05, 4.69) is 14.2 Å². The number of esters is 2. The van der Waals surface area contributed by atoms with Crippen LogP contribution in [0.15, 0.2) is 23.1 Å². The average Bonchev–Trinajstić information content (AvgIpc) is 2.58. The molecular formula is C17H27ClN2O6S. The summed E-state index contributed by atoms with van der Waals surface area (Å²) >= 11 is 0. The van der Waals surface area contributed by atoms with Crippen LogP contribution in [0.2, 0.25) is 0 Å². The Balaban J connectivity index is 0.00000676. The summed E-state index contributed by atoms with van der Waals surface area (Å²) < 4.78 is 37.5. The van der Waals surface area contributed by atoms with Gasteiger partial charge in [0.2, 0.25) is 10.0 Å². The Bertz CT molecular complexity index is 747. The summed E-state index contributed by atoms with van der Waals surface area (Å²) in [6, 6.07) is 3.51. The van der Waals surface area contributed by atoms with Gasteiger partial charge in [0.1, 0.15) is 0 Å². The molecule has 1 unspecified atom stereocenters. The Morgan fingerprint density at radius 1 is 1.11 bits per heavy atom. The molecule has 0 aliphatic carbocycles. The number of hydrogen-bond acceptors (Lipinski definition) is 7. The van der Waals surface area contributed by atoms with Crippen molar-refractivity contribution in [2.75, 3.05) is 20.8 Å². The van der Waals surface area contributed by atoms with Crippen molar-refractivity contribution in [3.8, 4) is 0 Å². The van der Waals surface area contributed by atoms with Crippen LogP contribution in [0.3, 0.4) is 0 Å². The summed E-state index contributed by atoms with van der Waals surface area (Å²) in [4.78, 5) is 23.4. The van der Waals surface area contributed by atoms with Gasteiger partial charge in [-0.15, -0.1) is 12.4 Å². The maximum absolute atomic E-state index is 12.8. The molecule has 1 aromatic rings. The van der Waals surface area contributed by atoms with E-state index in [0.29, 0.717) is 6.42 Å². The van der Waals surface area contributed by atoms with Crippen LogP contribution >= 0.6 is 12.4 Å². The van der Waals surface area contributed by atoms with Gasteiger partial charge in [-0.1, -0.05) is 13.8 Å². The second kappa shape index (κ2) is 10.0. The first-order chi connectivity index (χ1) is 12.0. The molecule has 0 bridgehead atoms. The van der Waals surface area contributed by atoms with Crippen molar-refractivity contribution >= 4 is 34.4 Å². The number of carbonyl (C=O) groups is 2. The van der Waals surface area contributed by atoms with Gasteiger partial charge >= 0.3 is 11.9 Å². The molecule has 154 valence electrons. The summed E-state index contributed by atoms with van der Waals surface area (Å²) in [7, 11) is -1.73. The van der Waals surface area contributed by atoms with E-state index < -0.39 is 27.5 Å². The minimum atomic E-state index is -4.05. The van der Waals surface area contributed by atoms with Gasteiger partial charge in [0.05, 0.1) is 30.2 Å². The third kappa shape index (κ3) is 6.76. The largest absolute Gasteiger partial charge is 0.465 e. The highest BCUT2D eigenvalue weighted by molar-refractivity contribution is 7.89. The van der Waals surface area contributed by atoms with Crippen molar-refractivity contribution in [1.82, 2.24) is 4.72 Å². The van der Waals surface area contributed by atoms with E-state index in [0.717, 1.165) is 26.4 Å². The average molecular weight is 423 g/mol. The molecule has 0 aliphatic rings. The van der Waals surface area contributed by atoms with Crippen LogP contribution in [0.1, 0.15) is 47.9 Å². The van der Waals surface area contributed by atoms with Gasteiger partial charge in [-0.2, -0.15) is 0 Å². The first-order valence-electron chi connectivity index (χ1n) is 8.03. The zero-order valence-electron chi connectivity index (χ0n) is 16.1. The third-order valence-corrected chi connectivity index (χ3v) is 5.37. The van der Waals surface area contributed by atoms with E-state index in [-0.39, 0.29) is 40.9 Å². The molecule has 0 aromatic heterocycles. The SMILES string of the molecule is COC(=O)c1cc(C(=O)OC)cc(S(=O)(=O)NC(C)(CN)CC(C)C)c1.Cl. The first-order valence-corrected chi connectivity index (χ1v) is 9.52. The number of sulfonamides is 1. The molecular weight excluding hydrogens is 396 g/mol. The number of nitrogens with one attached hydrogen (secondary N) is 1. The maximum atomic E-state index is 12.8. The highest BCUT2D eigenvalue weighted by Crippen LogP contribution is 2.22. The van der Waals surface area contributed by atoms with Gasteiger partial charge in [0.15, 0.2) is 0 Å². The fourth-order valence-corrected chi connectivity index (χ4v) is 4.17. The molecule has 0 saturated carbocycles. The highest BCUT2D eigenvalue weighted by atomic mass is 35.5. The molecule has 0 heterocycles. The molecule has 0 saturated heterocycles. The second-order valence-electron chi connectivity index (χ2n) is 6.70. The van der Waals surface area contributed by atoms with Gasteiger partial charge in [-0.05, 0) is 37.5 Å². The minimum absolute atomic E-state index is 0. The molecule has 0 aliphatic heterocycles. The molecule has 1 atom stereocenters. The minimum Gasteiger partial charge on any atom is -0.465 e. The van der Waals surface area contributed by atoms with Crippen molar-refractivity contribution in [1.29, 1.82) is 0 Å². The normalized spacial score (nSPS) is 13.4. The molecule has 0 fully saturated rings. The fraction of sp³-hybridized carbons (Fsp3) is 0.529. The van der Waals surface area contributed by atoms with Gasteiger partial charge in [-0.3, -0.25) is 0 Å². The molecule has 27 heavy (non-hydrogen) atoms. The molecule has 8 nitrogen and oxygen atoms in total. The zero-order chi connectivity index (χ0) is 20.1. The van der Waals surface area contributed by atoms with Crippen LogP contribution in [0.25, 0.3) is 0 Å². The van der Waals surface area contributed by atoms with E-state index in [1.54, 1.807) is 6.92 Å². The summed E-state index contributed by atoms with van der Waals surface area (Å²) in [5.41, 5.74) is 4.74. The fourth-order valence-electron chi connectivity index (χ4n) is 2.68. The number of hydrogen-bond donors (Lipinski definition) is 2. The zero-order valence-corrected chi connectivity index (χ0v) is 17.7. The number of carbonyl (C=O) groups excluding carboxylic acids is 2. The topological polar surface area (TPSA) is 125 Å². The number of ether oxygens (including phenoxy) is 2. The summed E-state index contributed by atoms with van der Waals surface area (Å²) in [6.07, 6.45) is 0.517. The van der Waals surface area contributed by atoms with Gasteiger partial charge in [-0.25, -0.2) is 22.7 Å². The first kappa shape index (κ1) is 25.3. The summed E-state index contributed by atoms with van der Waals surface area (Å²) in [5.74, 6) is -1.33. The monoisotopic (exact) mass is 422 g/mol. The lowest BCUT2D eigenvalue weighted by atomic mass is 9.92. The smallest absolute Gasteiger partial charge is 0.337 e. The summed E-state index contributed by atoms with van der Waals surface area (Å²) in [5, 5.41) is 0. The lowest BCUT2D eigenvalue weighted by molar-refractivity contribution is 0.0598. The van der Waals surface area contributed by atoms with Crippen molar-refractivity contribution in [2.45, 2.75) is 37.6 Å². The van der Waals surface area contributed by atoms with Crippen LogP contribution in [0, 0.1) is 5.92 Å². The van der Waals surface area contributed by atoms with Crippen LogP contribution in [0.5, 0.6) is 0 Å². The Labute approximate surface area is 166 Å². The van der Waals surface area contributed by atoms with Crippen LogP contribution in [0.4, 0.5) is 0 Å². The Morgan fingerprint density at radius 3 is 1.89 bits per heavy atom. The number of halogens is 1. The second-order valence-corrected chi connectivity index (χ2v) is 8.38. The lowest BCUT2D eigenvalue weighted by Gasteiger charge is -2.30.